The van der Waals surface area contributed by atoms with Crippen molar-refractivity contribution in [3.63, 3.8) is 0 Å². The number of nitrogens with zero attached hydrogens (tertiary/aromatic N) is 4. The summed E-state index contributed by atoms with van der Waals surface area (Å²) in [4.78, 5) is 8.35. The number of fused-ring (bicyclic) bond motifs is 1. The Kier molecular flexibility index (Phi) is 3.24. The average molecular weight is 282 g/mol. The molecule has 3 rings (SSSR count). The van der Waals surface area contributed by atoms with Crippen LogP contribution in [0.25, 0.3) is 16.9 Å². The molecule has 0 amide bonds. The van der Waals surface area contributed by atoms with Crippen molar-refractivity contribution in [3.05, 3.63) is 48.0 Å². The minimum absolute atomic E-state index is 0.181. The van der Waals surface area contributed by atoms with Crippen LogP contribution in [-0.2, 0) is 6.67 Å². The number of hydrogen-bond acceptors (Lipinski definition) is 4. The van der Waals surface area contributed by atoms with Crippen molar-refractivity contribution < 1.29 is 9.13 Å². The van der Waals surface area contributed by atoms with Gasteiger partial charge in [0.15, 0.2) is 11.3 Å². The largest absolute Gasteiger partial charge is 0.497 e. The van der Waals surface area contributed by atoms with Crippen molar-refractivity contribution in [2.24, 2.45) is 0 Å². The first-order valence-electron chi connectivity index (χ1n) is 6.24. The normalized spacial score (nSPS) is 10.5. The fourth-order valence-corrected chi connectivity index (χ4v) is 2.12. The standard InChI is InChI=1S/C15H11FN4O/c1-21-12-4-2-10(3-5-12)13-6-11(7-16)20-9-18-14(8-17)15(20)19-13/h2-6,9H,7H2,1H3. The summed E-state index contributed by atoms with van der Waals surface area (Å²) in [5.74, 6) is 0.729. The van der Waals surface area contributed by atoms with Crippen LogP contribution in [0.15, 0.2) is 36.7 Å². The monoisotopic (exact) mass is 282 g/mol. The lowest BCUT2D eigenvalue weighted by Crippen LogP contribution is -1.98. The van der Waals surface area contributed by atoms with Gasteiger partial charge in [-0.05, 0) is 30.3 Å². The molecular formula is C15H11FN4O. The van der Waals surface area contributed by atoms with Crippen LogP contribution in [0, 0.1) is 11.3 Å². The van der Waals surface area contributed by atoms with Gasteiger partial charge in [0, 0.05) is 5.56 Å². The van der Waals surface area contributed by atoms with Crippen molar-refractivity contribution in [3.8, 4) is 23.1 Å². The molecule has 5 nitrogen and oxygen atoms in total. The molecule has 0 bridgehead atoms. The summed E-state index contributed by atoms with van der Waals surface area (Å²) in [5.41, 5.74) is 2.35. The lowest BCUT2D eigenvalue weighted by atomic mass is 10.1. The fourth-order valence-electron chi connectivity index (χ4n) is 2.12. The van der Waals surface area contributed by atoms with Crippen LogP contribution in [-0.4, -0.2) is 21.5 Å². The van der Waals surface area contributed by atoms with Gasteiger partial charge < -0.3 is 4.74 Å². The summed E-state index contributed by atoms with van der Waals surface area (Å²) in [6, 6.07) is 10.9. The SMILES string of the molecule is COc1ccc(-c2cc(CF)n3cnc(C#N)c3n2)cc1. The average Bonchev–Trinajstić information content (AvgIpc) is 2.97. The number of imidazole rings is 1. The molecule has 6 heteroatoms. The van der Waals surface area contributed by atoms with E-state index < -0.39 is 6.67 Å². The molecule has 0 aliphatic rings. The first-order valence-corrected chi connectivity index (χ1v) is 6.24. The number of ether oxygens (including phenoxy) is 1. The number of nitriles is 1. The van der Waals surface area contributed by atoms with Crippen molar-refractivity contribution >= 4 is 5.65 Å². The molecule has 0 saturated carbocycles. The number of alkyl halides is 1. The summed E-state index contributed by atoms with van der Waals surface area (Å²) in [7, 11) is 1.59. The maximum absolute atomic E-state index is 13.2. The zero-order valence-corrected chi connectivity index (χ0v) is 11.2. The third-order valence-electron chi connectivity index (χ3n) is 3.21. The van der Waals surface area contributed by atoms with E-state index >= 15 is 0 Å². The smallest absolute Gasteiger partial charge is 0.185 e. The van der Waals surface area contributed by atoms with Crippen molar-refractivity contribution in [1.82, 2.24) is 14.4 Å². The molecule has 0 atom stereocenters. The Morgan fingerprint density at radius 3 is 2.71 bits per heavy atom. The third kappa shape index (κ3) is 2.19. The van der Waals surface area contributed by atoms with E-state index in [1.807, 2.05) is 18.2 Å². The number of rotatable bonds is 3. The second-order valence-corrected chi connectivity index (χ2v) is 4.39. The molecule has 0 unspecified atom stereocenters. The van der Waals surface area contributed by atoms with Crippen LogP contribution in [0.3, 0.4) is 0 Å². The fraction of sp³-hybridized carbons (Fsp3) is 0.133. The molecule has 1 aromatic carbocycles. The number of benzene rings is 1. The molecule has 0 spiro atoms. The van der Waals surface area contributed by atoms with Crippen LogP contribution in [0.4, 0.5) is 4.39 Å². The predicted octanol–water partition coefficient (Wildman–Crippen LogP) is 2.75. The zero-order chi connectivity index (χ0) is 14.8. The molecule has 2 aromatic heterocycles. The first-order chi connectivity index (χ1) is 10.3. The highest BCUT2D eigenvalue weighted by molar-refractivity contribution is 5.65. The molecule has 21 heavy (non-hydrogen) atoms. The highest BCUT2D eigenvalue weighted by atomic mass is 19.1. The molecule has 0 radical (unpaired) electrons. The number of hydrogen-bond donors (Lipinski definition) is 0. The zero-order valence-electron chi connectivity index (χ0n) is 11.2. The van der Waals surface area contributed by atoms with Gasteiger partial charge in [-0.3, -0.25) is 4.40 Å². The summed E-state index contributed by atoms with van der Waals surface area (Å²) < 4.78 is 19.8. The van der Waals surface area contributed by atoms with E-state index in [0.717, 1.165) is 11.3 Å². The second kappa shape index (κ2) is 5.21. The van der Waals surface area contributed by atoms with E-state index in [4.69, 9.17) is 10.00 Å². The maximum Gasteiger partial charge on any atom is 0.185 e. The van der Waals surface area contributed by atoms with Gasteiger partial charge in [-0.2, -0.15) is 5.26 Å². The van der Waals surface area contributed by atoms with E-state index in [9.17, 15) is 4.39 Å². The van der Waals surface area contributed by atoms with Crippen LogP contribution in [0.5, 0.6) is 5.75 Å². The minimum atomic E-state index is -0.663. The molecule has 104 valence electrons. The Balaban J connectivity index is 2.19. The molecular weight excluding hydrogens is 271 g/mol. The van der Waals surface area contributed by atoms with Gasteiger partial charge in [0.1, 0.15) is 24.8 Å². The van der Waals surface area contributed by atoms with Gasteiger partial charge in [0.05, 0.1) is 18.5 Å². The molecule has 2 heterocycles. The minimum Gasteiger partial charge on any atom is -0.497 e. The van der Waals surface area contributed by atoms with E-state index in [1.54, 1.807) is 25.3 Å². The van der Waals surface area contributed by atoms with Crippen molar-refractivity contribution in [2.75, 3.05) is 7.11 Å². The van der Waals surface area contributed by atoms with Crippen molar-refractivity contribution in [1.29, 1.82) is 5.26 Å². The summed E-state index contributed by atoms with van der Waals surface area (Å²) in [5, 5.41) is 9.04. The van der Waals surface area contributed by atoms with Crippen molar-refractivity contribution in [2.45, 2.75) is 6.67 Å². The quantitative estimate of drug-likeness (QED) is 0.741. The maximum atomic E-state index is 13.2. The van der Waals surface area contributed by atoms with Crippen LogP contribution in [0.2, 0.25) is 0 Å². The third-order valence-corrected chi connectivity index (χ3v) is 3.21. The Morgan fingerprint density at radius 2 is 2.10 bits per heavy atom. The molecule has 0 aliphatic carbocycles. The van der Waals surface area contributed by atoms with Crippen LogP contribution >= 0.6 is 0 Å². The highest BCUT2D eigenvalue weighted by Crippen LogP contribution is 2.23. The van der Waals surface area contributed by atoms with Crippen LogP contribution < -0.4 is 4.74 Å². The molecule has 0 fully saturated rings. The topological polar surface area (TPSA) is 63.2 Å². The van der Waals surface area contributed by atoms with Gasteiger partial charge >= 0.3 is 0 Å². The van der Waals surface area contributed by atoms with E-state index in [1.165, 1.54) is 10.7 Å². The first kappa shape index (κ1) is 13.1. The number of aromatic nitrogens is 3. The van der Waals surface area contributed by atoms with Gasteiger partial charge in [-0.1, -0.05) is 0 Å². The Morgan fingerprint density at radius 1 is 1.33 bits per heavy atom. The molecule has 0 aliphatic heterocycles. The predicted molar refractivity (Wildman–Crippen MR) is 74.5 cm³/mol. The number of halogens is 1. The van der Waals surface area contributed by atoms with Gasteiger partial charge in [0.25, 0.3) is 0 Å². The van der Waals surface area contributed by atoms with Gasteiger partial charge in [-0.15, -0.1) is 0 Å². The Hall–Kier alpha value is -2.94. The van der Waals surface area contributed by atoms with E-state index in [2.05, 4.69) is 9.97 Å². The lowest BCUT2D eigenvalue weighted by molar-refractivity contribution is 0.415. The Labute approximate surface area is 120 Å². The van der Waals surface area contributed by atoms with E-state index in [-0.39, 0.29) is 5.69 Å². The summed E-state index contributed by atoms with van der Waals surface area (Å²) in [6.07, 6.45) is 1.41. The molecule has 3 aromatic rings. The molecule has 0 N–H and O–H groups in total. The highest BCUT2D eigenvalue weighted by Gasteiger charge is 2.12. The van der Waals surface area contributed by atoms with E-state index in [0.29, 0.717) is 17.0 Å². The summed E-state index contributed by atoms with van der Waals surface area (Å²) in [6.45, 7) is -0.663. The van der Waals surface area contributed by atoms with Gasteiger partial charge in [0.2, 0.25) is 0 Å². The lowest BCUT2D eigenvalue weighted by Gasteiger charge is -2.07. The second-order valence-electron chi connectivity index (χ2n) is 4.39. The Bertz CT molecular complexity index is 833. The van der Waals surface area contributed by atoms with Gasteiger partial charge in [-0.25, -0.2) is 14.4 Å². The molecule has 0 saturated heterocycles. The van der Waals surface area contributed by atoms with Crippen LogP contribution in [0.1, 0.15) is 11.4 Å². The summed E-state index contributed by atoms with van der Waals surface area (Å²) >= 11 is 0. The number of methoxy groups -OCH3 is 1.